The van der Waals surface area contributed by atoms with Crippen molar-refractivity contribution in [1.29, 1.82) is 0 Å². The van der Waals surface area contributed by atoms with Gasteiger partial charge in [0.25, 0.3) is 0 Å². The van der Waals surface area contributed by atoms with Crippen molar-refractivity contribution >= 4 is 17.8 Å². The first-order chi connectivity index (χ1) is 16.5. The molecule has 4 rings (SSSR count). The minimum atomic E-state index is -0.859. The van der Waals surface area contributed by atoms with Gasteiger partial charge in [-0.3, -0.25) is 9.59 Å². The van der Waals surface area contributed by atoms with Crippen LogP contribution in [-0.4, -0.2) is 42.4 Å². The van der Waals surface area contributed by atoms with Gasteiger partial charge in [0.2, 0.25) is 5.91 Å². The molecule has 2 amide bonds. The molecule has 6 heteroatoms. The zero-order valence-corrected chi connectivity index (χ0v) is 19.2. The Kier molecular flexibility index (Phi) is 7.07. The van der Waals surface area contributed by atoms with Gasteiger partial charge in [-0.15, -0.1) is 0 Å². The second-order valence-corrected chi connectivity index (χ2v) is 8.40. The number of hydrogen-bond acceptors (Lipinski definition) is 5. The third kappa shape index (κ3) is 4.86. The predicted molar refractivity (Wildman–Crippen MR) is 128 cm³/mol. The van der Waals surface area contributed by atoms with E-state index < -0.39 is 29.9 Å². The number of amides is 2. The molecule has 0 bridgehead atoms. The lowest BCUT2D eigenvalue weighted by Gasteiger charge is -2.28. The van der Waals surface area contributed by atoms with Crippen molar-refractivity contribution in [2.45, 2.75) is 25.3 Å². The maximum Gasteiger partial charge on any atom is 0.417 e. The van der Waals surface area contributed by atoms with Crippen molar-refractivity contribution in [3.05, 3.63) is 102 Å². The van der Waals surface area contributed by atoms with Crippen molar-refractivity contribution in [1.82, 2.24) is 4.90 Å². The number of ether oxygens (including phenoxy) is 2. The average molecular weight is 458 g/mol. The summed E-state index contributed by atoms with van der Waals surface area (Å²) >= 11 is 0. The molecule has 1 unspecified atom stereocenters. The maximum absolute atomic E-state index is 13.9. The molecule has 0 aromatic heterocycles. The number of nitrogens with zero attached hydrogens (tertiary/aromatic N) is 1. The number of carbonyl (C=O) groups is 3. The molecule has 0 saturated carbocycles. The fourth-order valence-corrected chi connectivity index (χ4v) is 4.39. The Morgan fingerprint density at radius 2 is 1.59 bits per heavy atom. The Bertz CT molecular complexity index is 1140. The summed E-state index contributed by atoms with van der Waals surface area (Å²) in [4.78, 5) is 41.2. The van der Waals surface area contributed by atoms with Crippen molar-refractivity contribution in [2.75, 3.05) is 13.7 Å². The van der Waals surface area contributed by atoms with Gasteiger partial charge in [0.05, 0.1) is 19.1 Å². The highest BCUT2D eigenvalue weighted by molar-refractivity contribution is 6.04. The molecule has 1 aliphatic rings. The second-order valence-electron chi connectivity index (χ2n) is 8.40. The molecule has 0 N–H and O–H groups in total. The van der Waals surface area contributed by atoms with Gasteiger partial charge in [-0.25, -0.2) is 9.69 Å². The van der Waals surface area contributed by atoms with Crippen LogP contribution in [0.5, 0.6) is 5.75 Å². The Balaban J connectivity index is 1.68. The third-order valence-corrected chi connectivity index (χ3v) is 6.23. The van der Waals surface area contributed by atoms with Crippen LogP contribution in [0.1, 0.15) is 34.3 Å². The highest BCUT2D eigenvalue weighted by Crippen LogP contribution is 2.33. The van der Waals surface area contributed by atoms with Gasteiger partial charge in [0.15, 0.2) is 5.78 Å². The highest BCUT2D eigenvalue weighted by Gasteiger charge is 2.44. The molecule has 0 radical (unpaired) electrons. The van der Waals surface area contributed by atoms with Gasteiger partial charge in [0.1, 0.15) is 12.4 Å². The number of imide groups is 1. The lowest BCUT2D eigenvalue weighted by molar-refractivity contribution is -0.131. The SMILES string of the molecule is COc1ccc([C@@H](C(=O)N2C(=O)OC[C@H]2Cc2ccccc2)C(C)C(=O)c2ccccc2)cc1. The number of carbonyl (C=O) groups excluding carboxylic acids is 3. The Hall–Kier alpha value is -3.93. The molecule has 1 fully saturated rings. The minimum absolute atomic E-state index is 0.121. The van der Waals surface area contributed by atoms with Crippen LogP contribution in [0, 0.1) is 5.92 Å². The molecule has 3 aromatic carbocycles. The number of benzene rings is 3. The second kappa shape index (κ2) is 10.3. The molecule has 3 atom stereocenters. The molecule has 6 nitrogen and oxygen atoms in total. The Morgan fingerprint density at radius 1 is 0.971 bits per heavy atom. The average Bonchev–Trinajstić information content (AvgIpc) is 3.24. The number of cyclic esters (lactones) is 1. The Morgan fingerprint density at radius 3 is 2.21 bits per heavy atom. The van der Waals surface area contributed by atoms with E-state index in [4.69, 9.17) is 9.47 Å². The third-order valence-electron chi connectivity index (χ3n) is 6.23. The summed E-state index contributed by atoms with van der Waals surface area (Å²) in [6.07, 6.45) is -0.196. The van der Waals surface area contributed by atoms with Gasteiger partial charge in [-0.05, 0) is 29.7 Å². The summed E-state index contributed by atoms with van der Waals surface area (Å²) in [5.74, 6) is -1.52. The molecule has 174 valence electrons. The highest BCUT2D eigenvalue weighted by atomic mass is 16.6. The van der Waals surface area contributed by atoms with Crippen LogP contribution in [-0.2, 0) is 16.0 Å². The van der Waals surface area contributed by atoms with Gasteiger partial charge < -0.3 is 9.47 Å². The molecule has 1 saturated heterocycles. The van der Waals surface area contributed by atoms with Gasteiger partial charge >= 0.3 is 6.09 Å². The molecule has 0 spiro atoms. The lowest BCUT2D eigenvalue weighted by Crippen LogP contribution is -2.45. The fourth-order valence-electron chi connectivity index (χ4n) is 4.39. The van der Waals surface area contributed by atoms with Crippen LogP contribution in [0.2, 0.25) is 0 Å². The van der Waals surface area contributed by atoms with E-state index in [1.165, 1.54) is 4.90 Å². The summed E-state index contributed by atoms with van der Waals surface area (Å²) in [6.45, 7) is 1.85. The van der Waals surface area contributed by atoms with E-state index in [0.717, 1.165) is 5.56 Å². The topological polar surface area (TPSA) is 72.9 Å². The van der Waals surface area contributed by atoms with E-state index in [9.17, 15) is 14.4 Å². The van der Waals surface area contributed by atoms with Crippen LogP contribution < -0.4 is 4.74 Å². The van der Waals surface area contributed by atoms with E-state index in [0.29, 0.717) is 23.3 Å². The first kappa shape index (κ1) is 23.2. The summed E-state index contributed by atoms with van der Waals surface area (Å²) in [7, 11) is 1.56. The van der Waals surface area contributed by atoms with Crippen molar-refractivity contribution in [3.8, 4) is 5.75 Å². The van der Waals surface area contributed by atoms with Crippen LogP contribution in [0.4, 0.5) is 4.79 Å². The Labute approximate surface area is 199 Å². The largest absolute Gasteiger partial charge is 0.497 e. The number of methoxy groups -OCH3 is 1. The zero-order chi connectivity index (χ0) is 24.1. The summed E-state index contributed by atoms with van der Waals surface area (Å²) < 4.78 is 10.5. The van der Waals surface area contributed by atoms with E-state index in [1.807, 2.05) is 36.4 Å². The molecule has 1 heterocycles. The maximum atomic E-state index is 13.9. The fraction of sp³-hybridized carbons (Fsp3) is 0.250. The molecule has 1 aliphatic heterocycles. The molecular formula is C28H27NO5. The zero-order valence-electron chi connectivity index (χ0n) is 19.2. The smallest absolute Gasteiger partial charge is 0.417 e. The molecule has 3 aromatic rings. The monoisotopic (exact) mass is 457 g/mol. The van der Waals surface area contributed by atoms with Crippen LogP contribution >= 0.6 is 0 Å². The van der Waals surface area contributed by atoms with Gasteiger partial charge in [-0.1, -0.05) is 79.7 Å². The van der Waals surface area contributed by atoms with Crippen molar-refractivity contribution < 1.29 is 23.9 Å². The van der Waals surface area contributed by atoms with Crippen LogP contribution in [0.25, 0.3) is 0 Å². The van der Waals surface area contributed by atoms with Crippen LogP contribution in [0.15, 0.2) is 84.9 Å². The van der Waals surface area contributed by atoms with E-state index in [1.54, 1.807) is 62.6 Å². The first-order valence-corrected chi connectivity index (χ1v) is 11.3. The van der Waals surface area contributed by atoms with Crippen molar-refractivity contribution in [2.24, 2.45) is 5.92 Å². The number of rotatable bonds is 8. The van der Waals surface area contributed by atoms with E-state index in [2.05, 4.69) is 0 Å². The van der Waals surface area contributed by atoms with Gasteiger partial charge in [-0.2, -0.15) is 0 Å². The van der Waals surface area contributed by atoms with Gasteiger partial charge in [0, 0.05) is 11.5 Å². The predicted octanol–water partition coefficient (Wildman–Crippen LogP) is 4.89. The first-order valence-electron chi connectivity index (χ1n) is 11.3. The number of Topliss-reactive ketones (excluding diaryl/α,β-unsaturated/α-hetero) is 1. The van der Waals surface area contributed by atoms with E-state index in [-0.39, 0.29) is 12.4 Å². The summed E-state index contributed by atoms with van der Waals surface area (Å²) in [6, 6.07) is 25.1. The van der Waals surface area contributed by atoms with E-state index >= 15 is 0 Å². The van der Waals surface area contributed by atoms with Crippen LogP contribution in [0.3, 0.4) is 0 Å². The minimum Gasteiger partial charge on any atom is -0.497 e. The summed E-state index contributed by atoms with van der Waals surface area (Å²) in [5.41, 5.74) is 2.16. The normalized spacial score (nSPS) is 17.1. The molecule has 34 heavy (non-hydrogen) atoms. The standard InChI is InChI=1S/C28H27NO5/c1-19(26(30)22-11-7-4-8-12-22)25(21-13-15-24(33-2)16-14-21)27(31)29-23(18-34-28(29)32)17-20-9-5-3-6-10-20/h3-16,19,23,25H,17-18H2,1-2H3/t19?,23-,25+/m1/s1. The number of hydrogen-bond donors (Lipinski definition) is 0. The van der Waals surface area contributed by atoms with Crippen molar-refractivity contribution in [3.63, 3.8) is 0 Å². The summed E-state index contributed by atoms with van der Waals surface area (Å²) in [5, 5.41) is 0. The quantitative estimate of drug-likeness (QED) is 0.451. The molecular weight excluding hydrogens is 430 g/mol. The molecule has 0 aliphatic carbocycles. The number of ketones is 1. The lowest BCUT2D eigenvalue weighted by atomic mass is 9.81.